The number of rotatable bonds is 3. The van der Waals surface area contributed by atoms with Gasteiger partial charge in [-0.1, -0.05) is 0 Å². The highest BCUT2D eigenvalue weighted by Gasteiger charge is 2.27. The molecule has 0 fully saturated rings. The molecule has 0 saturated heterocycles. The van der Waals surface area contributed by atoms with Gasteiger partial charge in [-0.3, -0.25) is 0 Å². The van der Waals surface area contributed by atoms with E-state index in [2.05, 4.69) is 21.2 Å². The largest absolute Gasteiger partial charge is 0.373 e. The molecular formula is C12H7BrF5NS. The van der Waals surface area contributed by atoms with Crippen molar-refractivity contribution in [2.75, 3.05) is 5.32 Å². The predicted octanol–water partition coefficient (Wildman–Crippen LogP) is 5.38. The highest BCUT2D eigenvalue weighted by Crippen LogP contribution is 2.34. The van der Waals surface area contributed by atoms with Gasteiger partial charge in [0.25, 0.3) is 0 Å². The molecule has 1 atom stereocenters. The summed E-state index contributed by atoms with van der Waals surface area (Å²) in [5.74, 6) is -9.86. The van der Waals surface area contributed by atoms with E-state index in [1.54, 1.807) is 18.4 Å². The molecule has 0 saturated carbocycles. The molecule has 0 aliphatic rings. The zero-order valence-electron chi connectivity index (χ0n) is 9.91. The van der Waals surface area contributed by atoms with Crippen molar-refractivity contribution in [1.82, 2.24) is 0 Å². The van der Waals surface area contributed by atoms with Gasteiger partial charge in [0.05, 0.1) is 6.04 Å². The molecule has 20 heavy (non-hydrogen) atoms. The second-order valence-corrected chi connectivity index (χ2v) is 5.75. The second kappa shape index (κ2) is 5.69. The van der Waals surface area contributed by atoms with Crippen LogP contribution in [0.25, 0.3) is 0 Å². The average molecular weight is 372 g/mol. The summed E-state index contributed by atoms with van der Waals surface area (Å²) in [5.41, 5.74) is -1.03. The van der Waals surface area contributed by atoms with Crippen molar-refractivity contribution in [2.24, 2.45) is 0 Å². The molecule has 1 heterocycles. The summed E-state index contributed by atoms with van der Waals surface area (Å²) in [6.45, 7) is 1.55. The van der Waals surface area contributed by atoms with Crippen LogP contribution in [0.15, 0.2) is 15.9 Å². The Morgan fingerprint density at radius 1 is 1.00 bits per heavy atom. The van der Waals surface area contributed by atoms with Gasteiger partial charge in [-0.25, -0.2) is 22.0 Å². The minimum absolute atomic E-state index is 0.627. The molecular weight excluding hydrogens is 365 g/mol. The van der Waals surface area contributed by atoms with Crippen LogP contribution in [0.4, 0.5) is 27.6 Å². The van der Waals surface area contributed by atoms with Gasteiger partial charge in [0, 0.05) is 9.35 Å². The quantitative estimate of drug-likeness (QED) is 0.434. The lowest BCUT2D eigenvalue weighted by atomic mass is 10.2. The molecule has 108 valence electrons. The maximum Gasteiger partial charge on any atom is 0.200 e. The van der Waals surface area contributed by atoms with E-state index in [0.717, 1.165) is 0 Å². The molecule has 1 N–H and O–H groups in total. The van der Waals surface area contributed by atoms with E-state index in [4.69, 9.17) is 0 Å². The zero-order chi connectivity index (χ0) is 15.0. The van der Waals surface area contributed by atoms with Crippen LogP contribution in [0.5, 0.6) is 0 Å². The Hall–Kier alpha value is -1.15. The molecule has 0 bridgehead atoms. The van der Waals surface area contributed by atoms with Gasteiger partial charge in [-0.2, -0.15) is 0 Å². The monoisotopic (exact) mass is 371 g/mol. The van der Waals surface area contributed by atoms with E-state index < -0.39 is 40.8 Å². The summed E-state index contributed by atoms with van der Waals surface area (Å²) in [6, 6.07) is 1.09. The number of thiophene rings is 1. The fourth-order valence-electron chi connectivity index (χ4n) is 1.63. The maximum absolute atomic E-state index is 13.5. The molecule has 0 aliphatic heterocycles. The number of benzene rings is 1. The third-order valence-electron chi connectivity index (χ3n) is 2.61. The highest BCUT2D eigenvalue weighted by molar-refractivity contribution is 9.10. The fraction of sp³-hybridized carbons (Fsp3) is 0.167. The van der Waals surface area contributed by atoms with Crippen molar-refractivity contribution in [3.8, 4) is 0 Å². The van der Waals surface area contributed by atoms with Gasteiger partial charge < -0.3 is 5.32 Å². The Labute approximate surface area is 123 Å². The summed E-state index contributed by atoms with van der Waals surface area (Å²) >= 11 is 4.52. The number of hydrogen-bond donors (Lipinski definition) is 1. The minimum atomic E-state index is -2.17. The van der Waals surface area contributed by atoms with Crippen LogP contribution in [-0.2, 0) is 0 Å². The van der Waals surface area contributed by atoms with Crippen LogP contribution in [0.3, 0.4) is 0 Å². The number of halogens is 6. The smallest absolute Gasteiger partial charge is 0.200 e. The van der Waals surface area contributed by atoms with Crippen LogP contribution in [0.1, 0.15) is 17.8 Å². The molecule has 1 nitrogen and oxygen atoms in total. The van der Waals surface area contributed by atoms with Crippen LogP contribution in [0, 0.1) is 29.1 Å². The van der Waals surface area contributed by atoms with Crippen molar-refractivity contribution in [1.29, 1.82) is 0 Å². The Balaban J connectivity index is 2.42. The van der Waals surface area contributed by atoms with Gasteiger partial charge in [-0.15, -0.1) is 11.3 Å². The number of anilines is 1. The van der Waals surface area contributed by atoms with E-state index in [1.165, 1.54) is 11.3 Å². The van der Waals surface area contributed by atoms with Gasteiger partial charge in [0.15, 0.2) is 23.3 Å². The minimum Gasteiger partial charge on any atom is -0.373 e. The molecule has 1 unspecified atom stereocenters. The molecule has 8 heteroatoms. The van der Waals surface area contributed by atoms with Gasteiger partial charge in [0.1, 0.15) is 5.69 Å². The third-order valence-corrected chi connectivity index (χ3v) is 4.66. The summed E-state index contributed by atoms with van der Waals surface area (Å²) in [6.07, 6.45) is 0. The van der Waals surface area contributed by atoms with Crippen molar-refractivity contribution in [3.63, 3.8) is 0 Å². The van der Waals surface area contributed by atoms with Crippen LogP contribution in [0.2, 0.25) is 0 Å². The SMILES string of the molecule is CC(Nc1c(F)c(F)c(F)c(F)c1F)c1sccc1Br. The van der Waals surface area contributed by atoms with Crippen molar-refractivity contribution in [2.45, 2.75) is 13.0 Å². The average Bonchev–Trinajstić information content (AvgIpc) is 2.85. The maximum atomic E-state index is 13.5. The first kappa shape index (κ1) is 15.2. The Kier molecular flexibility index (Phi) is 4.33. The first-order chi connectivity index (χ1) is 9.34. The molecule has 0 amide bonds. The van der Waals surface area contributed by atoms with E-state index in [0.29, 0.717) is 9.35 Å². The topological polar surface area (TPSA) is 12.0 Å². The van der Waals surface area contributed by atoms with Crippen molar-refractivity contribution >= 4 is 33.0 Å². The van der Waals surface area contributed by atoms with Crippen LogP contribution < -0.4 is 5.32 Å². The molecule has 2 aromatic rings. The first-order valence-corrected chi connectivity index (χ1v) is 7.02. The summed E-state index contributed by atoms with van der Waals surface area (Å²) in [5, 5.41) is 4.05. The van der Waals surface area contributed by atoms with Gasteiger partial charge in [-0.05, 0) is 34.3 Å². The summed E-state index contributed by atoms with van der Waals surface area (Å²) < 4.78 is 66.8. The van der Waals surface area contributed by atoms with Crippen LogP contribution in [-0.4, -0.2) is 0 Å². The normalized spacial score (nSPS) is 12.6. The second-order valence-electron chi connectivity index (χ2n) is 3.94. The highest BCUT2D eigenvalue weighted by atomic mass is 79.9. The summed E-state index contributed by atoms with van der Waals surface area (Å²) in [4.78, 5) is 0.675. The van der Waals surface area contributed by atoms with Crippen molar-refractivity contribution in [3.05, 3.63) is 49.9 Å². The molecule has 0 aliphatic carbocycles. The Morgan fingerprint density at radius 3 is 1.95 bits per heavy atom. The van der Waals surface area contributed by atoms with Gasteiger partial charge >= 0.3 is 0 Å². The number of nitrogens with one attached hydrogen (secondary N) is 1. The molecule has 0 spiro atoms. The lowest BCUT2D eigenvalue weighted by Crippen LogP contribution is -2.12. The van der Waals surface area contributed by atoms with Crippen LogP contribution >= 0.6 is 27.3 Å². The molecule has 2 rings (SSSR count). The third kappa shape index (κ3) is 2.54. The van der Waals surface area contributed by atoms with E-state index in [1.807, 2.05) is 0 Å². The van der Waals surface area contributed by atoms with E-state index in [-0.39, 0.29) is 0 Å². The lowest BCUT2D eigenvalue weighted by molar-refractivity contribution is 0.381. The lowest BCUT2D eigenvalue weighted by Gasteiger charge is -2.16. The molecule has 1 aromatic carbocycles. The summed E-state index contributed by atoms with van der Waals surface area (Å²) in [7, 11) is 0. The molecule has 1 aromatic heterocycles. The standard InChI is InChI=1S/C12H7BrF5NS/c1-4(12-5(13)2-3-20-12)19-11-9(17)7(15)6(14)8(16)10(11)18/h2-4,19H,1H3. The first-order valence-electron chi connectivity index (χ1n) is 5.35. The predicted molar refractivity (Wildman–Crippen MR) is 70.3 cm³/mol. The van der Waals surface area contributed by atoms with E-state index in [9.17, 15) is 22.0 Å². The molecule has 0 radical (unpaired) electrons. The zero-order valence-corrected chi connectivity index (χ0v) is 12.3. The Morgan fingerprint density at radius 2 is 1.50 bits per heavy atom. The fourth-order valence-corrected chi connectivity index (χ4v) is 3.35. The van der Waals surface area contributed by atoms with Crippen molar-refractivity contribution < 1.29 is 22.0 Å². The Bertz CT molecular complexity index is 629. The number of hydrogen-bond acceptors (Lipinski definition) is 2. The van der Waals surface area contributed by atoms with E-state index >= 15 is 0 Å². The van der Waals surface area contributed by atoms with Gasteiger partial charge in [0.2, 0.25) is 5.82 Å².